The van der Waals surface area contributed by atoms with Crippen LogP contribution in [0.1, 0.15) is 24.0 Å². The molecule has 0 unspecified atom stereocenters. The molecule has 0 saturated carbocycles. The van der Waals surface area contributed by atoms with Crippen LogP contribution in [0.2, 0.25) is 0 Å². The minimum Gasteiger partial charge on any atom is -0.377 e. The van der Waals surface area contributed by atoms with Crippen LogP contribution in [0.3, 0.4) is 0 Å². The van der Waals surface area contributed by atoms with Crippen molar-refractivity contribution in [2.75, 3.05) is 12.4 Å². The molecule has 1 saturated heterocycles. The predicted molar refractivity (Wildman–Crippen MR) is 75.3 cm³/mol. The highest BCUT2D eigenvalue weighted by atomic mass is 79.9. The summed E-state index contributed by atoms with van der Waals surface area (Å²) < 4.78 is 30.4. The van der Waals surface area contributed by atoms with E-state index in [0.29, 0.717) is 6.61 Å². The highest BCUT2D eigenvalue weighted by Gasteiger charge is 2.23. The molecule has 0 amide bonds. The van der Waals surface area contributed by atoms with E-state index in [4.69, 9.17) is 4.74 Å². The molecule has 0 aliphatic carbocycles. The van der Waals surface area contributed by atoms with Gasteiger partial charge in [-0.15, -0.1) is 0 Å². The van der Waals surface area contributed by atoms with Crippen LogP contribution < -0.4 is 0 Å². The first-order valence-electron chi connectivity index (χ1n) is 6.03. The average molecular weight is 333 g/mol. The Labute approximate surface area is 117 Å². The van der Waals surface area contributed by atoms with Gasteiger partial charge in [-0.05, 0) is 37.0 Å². The lowest BCUT2D eigenvalue weighted by Gasteiger charge is -2.10. The van der Waals surface area contributed by atoms with Crippen molar-refractivity contribution in [3.05, 3.63) is 33.8 Å². The van der Waals surface area contributed by atoms with Crippen LogP contribution in [0, 0.1) is 6.92 Å². The monoisotopic (exact) mass is 332 g/mol. The number of sulfone groups is 1. The summed E-state index contributed by atoms with van der Waals surface area (Å²) >= 11 is 3.42. The normalized spacial score (nSPS) is 20.2. The Bertz CT molecular complexity index is 519. The van der Waals surface area contributed by atoms with Crippen molar-refractivity contribution in [1.29, 1.82) is 0 Å². The van der Waals surface area contributed by atoms with Crippen LogP contribution in [0.25, 0.3) is 0 Å². The number of rotatable bonds is 4. The molecular weight excluding hydrogens is 316 g/mol. The Balaban J connectivity index is 2.04. The number of hydrogen-bond donors (Lipinski definition) is 0. The molecule has 1 aromatic rings. The number of benzene rings is 1. The van der Waals surface area contributed by atoms with Crippen LogP contribution in [0.4, 0.5) is 0 Å². The molecule has 1 aliphatic rings. The topological polar surface area (TPSA) is 43.4 Å². The summed E-state index contributed by atoms with van der Waals surface area (Å²) in [6.45, 7) is 2.67. The van der Waals surface area contributed by atoms with Gasteiger partial charge in [-0.1, -0.05) is 28.1 Å². The fourth-order valence-corrected chi connectivity index (χ4v) is 4.16. The minimum absolute atomic E-state index is 0.0890. The van der Waals surface area contributed by atoms with E-state index in [-0.39, 0.29) is 17.6 Å². The van der Waals surface area contributed by atoms with Crippen molar-refractivity contribution >= 4 is 25.8 Å². The van der Waals surface area contributed by atoms with Crippen molar-refractivity contribution in [3.8, 4) is 0 Å². The number of ether oxygens (including phenoxy) is 1. The van der Waals surface area contributed by atoms with Gasteiger partial charge in [0.25, 0.3) is 0 Å². The zero-order valence-corrected chi connectivity index (χ0v) is 12.8. The summed E-state index contributed by atoms with van der Waals surface area (Å²) in [5.41, 5.74) is 1.93. The maximum absolute atomic E-state index is 12.1. The van der Waals surface area contributed by atoms with Gasteiger partial charge in [0.2, 0.25) is 0 Å². The minimum atomic E-state index is -3.09. The predicted octanol–water partition coefficient (Wildman–Crippen LogP) is 2.85. The molecule has 1 heterocycles. The maximum atomic E-state index is 12.1. The van der Waals surface area contributed by atoms with E-state index in [1.807, 2.05) is 25.1 Å². The SMILES string of the molecule is Cc1ccc(CS(=O)(=O)C[C@H]2CCCO2)cc1Br. The van der Waals surface area contributed by atoms with Gasteiger partial charge in [-0.3, -0.25) is 0 Å². The van der Waals surface area contributed by atoms with Gasteiger partial charge in [-0.2, -0.15) is 0 Å². The fraction of sp³-hybridized carbons (Fsp3) is 0.538. The Morgan fingerprint density at radius 2 is 2.22 bits per heavy atom. The largest absolute Gasteiger partial charge is 0.377 e. The number of halogens is 1. The first-order valence-corrected chi connectivity index (χ1v) is 8.65. The molecule has 1 aliphatic heterocycles. The van der Waals surface area contributed by atoms with Crippen LogP contribution in [-0.4, -0.2) is 26.9 Å². The van der Waals surface area contributed by atoms with E-state index in [9.17, 15) is 8.42 Å². The van der Waals surface area contributed by atoms with Crippen molar-refractivity contribution in [2.45, 2.75) is 31.6 Å². The van der Waals surface area contributed by atoms with Gasteiger partial charge in [0, 0.05) is 11.1 Å². The lowest BCUT2D eigenvalue weighted by atomic mass is 10.2. The Kier molecular flexibility index (Phi) is 4.45. The van der Waals surface area contributed by atoms with Crippen LogP contribution in [0.5, 0.6) is 0 Å². The van der Waals surface area contributed by atoms with Gasteiger partial charge in [-0.25, -0.2) is 8.42 Å². The molecule has 3 nitrogen and oxygen atoms in total. The molecule has 2 rings (SSSR count). The molecule has 0 radical (unpaired) electrons. The average Bonchev–Trinajstić information content (AvgIpc) is 2.75. The maximum Gasteiger partial charge on any atom is 0.156 e. The van der Waals surface area contributed by atoms with Crippen molar-refractivity contribution in [1.82, 2.24) is 0 Å². The van der Waals surface area contributed by atoms with E-state index in [1.165, 1.54) is 0 Å². The molecular formula is C13H17BrO3S. The smallest absolute Gasteiger partial charge is 0.156 e. The first-order chi connectivity index (χ1) is 8.46. The Morgan fingerprint density at radius 3 is 2.83 bits per heavy atom. The molecule has 5 heteroatoms. The summed E-state index contributed by atoms with van der Waals surface area (Å²) in [4.78, 5) is 0. The summed E-state index contributed by atoms with van der Waals surface area (Å²) in [6, 6.07) is 5.68. The zero-order valence-electron chi connectivity index (χ0n) is 10.4. The van der Waals surface area contributed by atoms with Crippen molar-refractivity contribution in [2.24, 2.45) is 0 Å². The van der Waals surface area contributed by atoms with Crippen LogP contribution in [-0.2, 0) is 20.3 Å². The van der Waals surface area contributed by atoms with E-state index in [0.717, 1.165) is 28.4 Å². The summed E-state index contributed by atoms with van der Waals surface area (Å²) in [5, 5.41) is 0. The fourth-order valence-electron chi connectivity index (χ4n) is 2.10. The van der Waals surface area contributed by atoms with Gasteiger partial charge < -0.3 is 4.74 Å². The quantitative estimate of drug-likeness (QED) is 0.851. The summed E-state index contributed by atoms with van der Waals surface area (Å²) in [7, 11) is -3.09. The van der Waals surface area contributed by atoms with Crippen molar-refractivity contribution < 1.29 is 13.2 Å². The molecule has 0 spiro atoms. The number of aryl methyl sites for hydroxylation is 1. The molecule has 0 bridgehead atoms. The van der Waals surface area contributed by atoms with Crippen LogP contribution in [0.15, 0.2) is 22.7 Å². The van der Waals surface area contributed by atoms with Gasteiger partial charge >= 0.3 is 0 Å². The second-order valence-corrected chi connectivity index (χ2v) is 7.74. The molecule has 0 N–H and O–H groups in total. The molecule has 18 heavy (non-hydrogen) atoms. The molecule has 1 aromatic carbocycles. The first kappa shape index (κ1) is 14.0. The van der Waals surface area contributed by atoms with E-state index in [2.05, 4.69) is 15.9 Å². The molecule has 1 atom stereocenters. The number of hydrogen-bond acceptors (Lipinski definition) is 3. The van der Waals surface area contributed by atoms with Gasteiger partial charge in [0.05, 0.1) is 17.6 Å². The van der Waals surface area contributed by atoms with Crippen molar-refractivity contribution in [3.63, 3.8) is 0 Å². The van der Waals surface area contributed by atoms with Gasteiger partial charge in [0.1, 0.15) is 0 Å². The van der Waals surface area contributed by atoms with Crippen LogP contribution >= 0.6 is 15.9 Å². The lowest BCUT2D eigenvalue weighted by Crippen LogP contribution is -2.21. The third kappa shape index (κ3) is 3.80. The standard InChI is InChI=1S/C13H17BrO3S/c1-10-4-5-11(7-13(10)14)8-18(15,16)9-12-3-2-6-17-12/h4-5,7,12H,2-3,6,8-9H2,1H3/t12-/m1/s1. The Morgan fingerprint density at radius 1 is 1.44 bits per heavy atom. The third-order valence-electron chi connectivity index (χ3n) is 3.09. The van der Waals surface area contributed by atoms with E-state index < -0.39 is 9.84 Å². The summed E-state index contributed by atoms with van der Waals surface area (Å²) in [5.74, 6) is 0.226. The van der Waals surface area contributed by atoms with E-state index >= 15 is 0 Å². The van der Waals surface area contributed by atoms with Gasteiger partial charge in [0.15, 0.2) is 9.84 Å². The third-order valence-corrected chi connectivity index (χ3v) is 5.59. The molecule has 1 fully saturated rings. The second kappa shape index (κ2) is 5.72. The lowest BCUT2D eigenvalue weighted by molar-refractivity contribution is 0.127. The molecule has 0 aromatic heterocycles. The second-order valence-electron chi connectivity index (χ2n) is 4.77. The Hall–Kier alpha value is -0.390. The summed E-state index contributed by atoms with van der Waals surface area (Å²) in [6.07, 6.45) is 1.72. The highest BCUT2D eigenvalue weighted by molar-refractivity contribution is 9.10. The molecule has 100 valence electrons. The van der Waals surface area contributed by atoms with E-state index in [1.54, 1.807) is 0 Å². The zero-order chi connectivity index (χ0) is 13.2. The highest BCUT2D eigenvalue weighted by Crippen LogP contribution is 2.21.